The first kappa shape index (κ1) is 25.4. The number of aromatic amines is 1. The number of aromatic nitrogens is 3. The number of unbranched alkanes of at least 4 members (excludes halogenated alkanes) is 1. The van der Waals surface area contributed by atoms with Crippen LogP contribution in [0.1, 0.15) is 38.3 Å². The zero-order valence-corrected chi connectivity index (χ0v) is 22.8. The monoisotopic (exact) mass is 529 g/mol. The van der Waals surface area contributed by atoms with E-state index < -0.39 is 0 Å². The van der Waals surface area contributed by atoms with Gasteiger partial charge in [-0.1, -0.05) is 13.3 Å². The largest absolute Gasteiger partial charge is 0.467 e. The third-order valence-electron chi connectivity index (χ3n) is 7.74. The van der Waals surface area contributed by atoms with Crippen LogP contribution in [0.25, 0.3) is 33.2 Å². The second kappa shape index (κ2) is 10.4. The summed E-state index contributed by atoms with van der Waals surface area (Å²) in [7, 11) is 1.61. The Hall–Kier alpha value is -3.85. The third-order valence-corrected chi connectivity index (χ3v) is 7.74. The summed E-state index contributed by atoms with van der Waals surface area (Å²) in [5.74, 6) is 1.62. The van der Waals surface area contributed by atoms with Gasteiger partial charge < -0.3 is 24.1 Å². The third kappa shape index (κ3) is 4.98. The van der Waals surface area contributed by atoms with Crippen LogP contribution in [-0.4, -0.2) is 71.6 Å². The maximum absolute atomic E-state index is 12.7. The van der Waals surface area contributed by atoms with Gasteiger partial charge in [-0.15, -0.1) is 0 Å². The molecule has 4 aromatic rings. The highest BCUT2D eigenvalue weighted by atomic mass is 16.7. The van der Waals surface area contributed by atoms with Crippen LogP contribution in [0.4, 0.5) is 10.6 Å². The number of pyridine rings is 2. The van der Waals surface area contributed by atoms with E-state index in [1.54, 1.807) is 7.11 Å². The van der Waals surface area contributed by atoms with Gasteiger partial charge in [0.25, 0.3) is 0 Å². The molecule has 1 aliphatic carbocycles. The lowest BCUT2D eigenvalue weighted by atomic mass is 10.1. The van der Waals surface area contributed by atoms with Crippen molar-refractivity contribution < 1.29 is 19.0 Å². The van der Waals surface area contributed by atoms with E-state index in [1.807, 2.05) is 42.2 Å². The van der Waals surface area contributed by atoms with Crippen molar-refractivity contribution in [3.63, 3.8) is 0 Å². The van der Waals surface area contributed by atoms with E-state index in [0.717, 1.165) is 83.5 Å². The lowest BCUT2D eigenvalue weighted by molar-refractivity contribution is 0.0516. The number of methoxy groups -OCH3 is 1. The average Bonchev–Trinajstić information content (AvgIpc) is 3.60. The van der Waals surface area contributed by atoms with E-state index in [-0.39, 0.29) is 18.4 Å². The highest BCUT2D eigenvalue weighted by Gasteiger charge is 2.54. The molecule has 3 aromatic heterocycles. The van der Waals surface area contributed by atoms with E-state index in [2.05, 4.69) is 28.9 Å². The first-order valence-corrected chi connectivity index (χ1v) is 13.7. The summed E-state index contributed by atoms with van der Waals surface area (Å²) >= 11 is 0. The van der Waals surface area contributed by atoms with Crippen LogP contribution in [0, 0.1) is 6.92 Å². The van der Waals surface area contributed by atoms with Crippen LogP contribution in [0.2, 0.25) is 0 Å². The Labute approximate surface area is 228 Å². The van der Waals surface area contributed by atoms with Gasteiger partial charge in [0.05, 0.1) is 28.9 Å². The van der Waals surface area contributed by atoms with Crippen molar-refractivity contribution in [3.05, 3.63) is 48.2 Å². The second-order valence-electron chi connectivity index (χ2n) is 10.6. The number of anilines is 1. The SMILES string of the molecule is CCCCOC(=O)N1CCN(c2ccc3nc(-c4cc5cc(C)[nH]c5cc4OCOC)ccc3n2)CC12CC2. The predicted molar refractivity (Wildman–Crippen MR) is 151 cm³/mol. The fourth-order valence-electron chi connectivity index (χ4n) is 5.49. The minimum Gasteiger partial charge on any atom is -0.467 e. The van der Waals surface area contributed by atoms with Crippen molar-refractivity contribution in [3.8, 4) is 17.0 Å². The van der Waals surface area contributed by atoms with E-state index >= 15 is 0 Å². The van der Waals surface area contributed by atoms with Crippen LogP contribution in [0.3, 0.4) is 0 Å². The molecule has 0 bridgehead atoms. The lowest BCUT2D eigenvalue weighted by Crippen LogP contribution is -2.57. The van der Waals surface area contributed by atoms with Crippen molar-refractivity contribution in [2.24, 2.45) is 0 Å². The van der Waals surface area contributed by atoms with Crippen molar-refractivity contribution in [2.75, 3.05) is 45.0 Å². The highest BCUT2D eigenvalue weighted by molar-refractivity contribution is 5.90. The number of fused-ring (bicyclic) bond motifs is 2. The standard InChI is InChI=1S/C30H35N5O4/c1-4-5-14-38-29(36)35-13-12-34(18-30(35)10-11-30)28-9-8-24-25(33-28)7-6-23(32-24)22-16-21-15-20(2)31-26(21)17-27(22)39-19-37-3/h6-9,15-17,31H,4-5,10-14,18-19H2,1-3H3. The molecule has 1 aromatic carbocycles. The number of hydrogen-bond acceptors (Lipinski definition) is 7. The molecule has 0 radical (unpaired) electrons. The number of nitrogens with one attached hydrogen (secondary N) is 1. The smallest absolute Gasteiger partial charge is 0.410 e. The Balaban J connectivity index is 1.24. The number of rotatable bonds is 8. The van der Waals surface area contributed by atoms with Gasteiger partial charge in [0, 0.05) is 55.0 Å². The number of benzene rings is 1. The van der Waals surface area contributed by atoms with Crippen molar-refractivity contribution >= 4 is 33.8 Å². The van der Waals surface area contributed by atoms with Crippen LogP contribution >= 0.6 is 0 Å². The molecule has 0 atom stereocenters. The number of carbonyl (C=O) groups excluding carboxylic acids is 1. The molecule has 0 unspecified atom stereocenters. The summed E-state index contributed by atoms with van der Waals surface area (Å²) in [6.45, 7) is 6.93. The van der Waals surface area contributed by atoms with Gasteiger partial charge in [0.2, 0.25) is 0 Å². The summed E-state index contributed by atoms with van der Waals surface area (Å²) in [6.07, 6.45) is 3.75. The number of hydrogen-bond donors (Lipinski definition) is 1. The Morgan fingerprint density at radius 2 is 1.90 bits per heavy atom. The molecule has 1 aliphatic heterocycles. The number of H-pyrrole nitrogens is 1. The molecule has 1 saturated heterocycles. The van der Waals surface area contributed by atoms with Gasteiger partial charge in [-0.05, 0) is 62.6 Å². The highest BCUT2D eigenvalue weighted by Crippen LogP contribution is 2.45. The van der Waals surface area contributed by atoms with E-state index in [1.165, 1.54) is 0 Å². The van der Waals surface area contributed by atoms with Gasteiger partial charge in [-0.2, -0.15) is 0 Å². The van der Waals surface area contributed by atoms with Crippen molar-refractivity contribution in [1.29, 1.82) is 0 Å². The number of ether oxygens (including phenoxy) is 3. The molecule has 9 nitrogen and oxygen atoms in total. The maximum atomic E-state index is 12.7. The van der Waals surface area contributed by atoms with Gasteiger partial charge in [-0.3, -0.25) is 4.90 Å². The normalized spacial score (nSPS) is 16.3. The second-order valence-corrected chi connectivity index (χ2v) is 10.6. The number of piperazine rings is 1. The summed E-state index contributed by atoms with van der Waals surface area (Å²) < 4.78 is 16.6. The first-order chi connectivity index (χ1) is 19.0. The Morgan fingerprint density at radius 3 is 2.69 bits per heavy atom. The van der Waals surface area contributed by atoms with Crippen molar-refractivity contribution in [2.45, 2.75) is 45.1 Å². The molecule has 9 heteroatoms. The number of carbonyl (C=O) groups is 1. The summed E-state index contributed by atoms with van der Waals surface area (Å²) in [6, 6.07) is 14.3. The molecule has 2 fully saturated rings. The minimum atomic E-state index is -0.175. The number of aryl methyl sites for hydroxylation is 1. The topological polar surface area (TPSA) is 92.8 Å². The van der Waals surface area contributed by atoms with Crippen molar-refractivity contribution in [1.82, 2.24) is 19.9 Å². The number of nitrogens with zero attached hydrogens (tertiary/aromatic N) is 4. The van der Waals surface area contributed by atoms with Gasteiger partial charge in [0.15, 0.2) is 6.79 Å². The average molecular weight is 530 g/mol. The van der Waals surface area contributed by atoms with Crippen LogP contribution in [-0.2, 0) is 9.47 Å². The van der Waals surface area contributed by atoms with Gasteiger partial charge >= 0.3 is 6.09 Å². The Kier molecular flexibility index (Phi) is 6.76. The molecular weight excluding hydrogens is 494 g/mol. The van der Waals surface area contributed by atoms with Crippen LogP contribution in [0.15, 0.2) is 42.5 Å². The zero-order valence-electron chi connectivity index (χ0n) is 22.8. The molecule has 39 heavy (non-hydrogen) atoms. The minimum absolute atomic E-state index is 0.131. The summed E-state index contributed by atoms with van der Waals surface area (Å²) in [5.41, 5.74) is 5.34. The lowest BCUT2D eigenvalue weighted by Gasteiger charge is -2.42. The van der Waals surface area contributed by atoms with E-state index in [9.17, 15) is 4.79 Å². The Morgan fingerprint density at radius 1 is 1.08 bits per heavy atom. The van der Waals surface area contributed by atoms with Crippen LogP contribution < -0.4 is 9.64 Å². The fraction of sp³-hybridized carbons (Fsp3) is 0.433. The van der Waals surface area contributed by atoms with E-state index in [0.29, 0.717) is 18.9 Å². The molecule has 1 N–H and O–H groups in total. The molecule has 1 saturated carbocycles. The predicted octanol–water partition coefficient (Wildman–Crippen LogP) is 5.66. The fourth-order valence-corrected chi connectivity index (χ4v) is 5.49. The molecule has 6 rings (SSSR count). The quantitative estimate of drug-likeness (QED) is 0.233. The first-order valence-electron chi connectivity index (χ1n) is 13.7. The molecule has 1 amide bonds. The molecule has 4 heterocycles. The molecule has 204 valence electrons. The van der Waals surface area contributed by atoms with Crippen LogP contribution in [0.5, 0.6) is 5.75 Å². The molecule has 2 aliphatic rings. The van der Waals surface area contributed by atoms with Gasteiger partial charge in [-0.25, -0.2) is 14.8 Å². The van der Waals surface area contributed by atoms with E-state index in [4.69, 9.17) is 24.2 Å². The maximum Gasteiger partial charge on any atom is 0.410 e. The summed E-state index contributed by atoms with van der Waals surface area (Å²) in [4.78, 5) is 30.2. The molecular formula is C30H35N5O4. The zero-order chi connectivity index (χ0) is 27.0. The Bertz CT molecular complexity index is 1510. The number of amides is 1. The summed E-state index contributed by atoms with van der Waals surface area (Å²) in [5, 5.41) is 1.10. The molecule has 1 spiro atoms. The van der Waals surface area contributed by atoms with Gasteiger partial charge in [0.1, 0.15) is 11.6 Å².